The fourth-order valence-corrected chi connectivity index (χ4v) is 2.84. The van der Waals surface area contributed by atoms with E-state index < -0.39 is 5.97 Å². The quantitative estimate of drug-likeness (QED) is 0.545. The van der Waals surface area contributed by atoms with Crippen molar-refractivity contribution in [2.24, 2.45) is 0 Å². The van der Waals surface area contributed by atoms with E-state index in [-0.39, 0.29) is 0 Å². The molecular weight excluding hydrogens is 346 g/mol. The molecule has 2 aromatic carbocycles. The fraction of sp³-hybridized carbons (Fsp3) is 0.158. The third kappa shape index (κ3) is 3.12. The van der Waals surface area contributed by atoms with Gasteiger partial charge in [-0.25, -0.2) is 14.3 Å². The van der Waals surface area contributed by atoms with Gasteiger partial charge in [-0.15, -0.1) is 5.10 Å². The molecule has 0 bridgehead atoms. The van der Waals surface area contributed by atoms with Gasteiger partial charge in [-0.3, -0.25) is 0 Å². The van der Waals surface area contributed by atoms with Gasteiger partial charge in [-0.1, -0.05) is 17.3 Å². The van der Waals surface area contributed by atoms with Crippen LogP contribution >= 0.6 is 0 Å². The number of aromatic nitrogens is 4. The van der Waals surface area contributed by atoms with E-state index in [9.17, 15) is 4.79 Å². The van der Waals surface area contributed by atoms with Crippen molar-refractivity contribution in [1.82, 2.24) is 19.8 Å². The van der Waals surface area contributed by atoms with Gasteiger partial charge in [0.1, 0.15) is 11.3 Å². The first-order valence-electron chi connectivity index (χ1n) is 8.29. The smallest absolute Gasteiger partial charge is 0.337 e. The van der Waals surface area contributed by atoms with Crippen LogP contribution in [0.15, 0.2) is 48.7 Å². The van der Waals surface area contributed by atoms with Crippen molar-refractivity contribution >= 4 is 28.3 Å². The minimum atomic E-state index is -0.410. The summed E-state index contributed by atoms with van der Waals surface area (Å²) in [5.41, 5.74) is 3.61. The van der Waals surface area contributed by atoms with Crippen LogP contribution in [-0.2, 0) is 11.3 Å². The van der Waals surface area contributed by atoms with Gasteiger partial charge >= 0.3 is 5.97 Å². The number of esters is 1. The zero-order chi connectivity index (χ0) is 18.8. The molecule has 0 aliphatic rings. The molecule has 8 nitrogen and oxygen atoms in total. The summed E-state index contributed by atoms with van der Waals surface area (Å²) >= 11 is 0. The van der Waals surface area contributed by atoms with E-state index in [2.05, 4.69) is 20.6 Å². The maximum atomic E-state index is 11.8. The molecule has 27 heavy (non-hydrogen) atoms. The van der Waals surface area contributed by atoms with E-state index in [1.54, 1.807) is 36.0 Å². The molecule has 1 N–H and O–H groups in total. The van der Waals surface area contributed by atoms with Crippen LogP contribution in [0.5, 0.6) is 5.75 Å². The lowest BCUT2D eigenvalue weighted by atomic mass is 10.2. The highest BCUT2D eigenvalue weighted by Crippen LogP contribution is 2.22. The van der Waals surface area contributed by atoms with Crippen molar-refractivity contribution < 1.29 is 14.3 Å². The van der Waals surface area contributed by atoms with E-state index in [4.69, 9.17) is 9.47 Å². The average Bonchev–Trinajstić information content (AvgIpc) is 3.22. The summed E-state index contributed by atoms with van der Waals surface area (Å²) in [5, 5.41) is 11.4. The molecule has 0 unspecified atom stereocenters. The molecule has 0 fully saturated rings. The van der Waals surface area contributed by atoms with Gasteiger partial charge in [0.05, 0.1) is 37.0 Å². The van der Waals surface area contributed by atoms with Crippen LogP contribution in [0.3, 0.4) is 0 Å². The molecule has 4 aromatic rings. The van der Waals surface area contributed by atoms with Crippen LogP contribution in [0.1, 0.15) is 15.9 Å². The zero-order valence-electron chi connectivity index (χ0n) is 14.8. The predicted octanol–water partition coefficient (Wildman–Crippen LogP) is 2.68. The van der Waals surface area contributed by atoms with Crippen LogP contribution in [0.4, 0.5) is 5.82 Å². The Labute approximate surface area is 154 Å². The van der Waals surface area contributed by atoms with Crippen molar-refractivity contribution in [1.29, 1.82) is 0 Å². The number of rotatable bonds is 5. The number of hydrogen-bond donors (Lipinski definition) is 1. The molecule has 0 spiro atoms. The molecule has 0 saturated heterocycles. The molecular formula is C19H17N5O3. The number of hydrogen-bond acceptors (Lipinski definition) is 7. The van der Waals surface area contributed by atoms with E-state index in [1.165, 1.54) is 7.11 Å². The number of anilines is 1. The third-order valence-electron chi connectivity index (χ3n) is 4.27. The van der Waals surface area contributed by atoms with E-state index in [0.29, 0.717) is 29.0 Å². The molecule has 4 rings (SSSR count). The Morgan fingerprint density at radius 2 is 1.93 bits per heavy atom. The number of ether oxygens (including phenoxy) is 2. The SMILES string of the molecule is COC(=O)c1ccc2nc(NCc3ccc(OC)cc3)c3cnnn3c2c1. The lowest BCUT2D eigenvalue weighted by Gasteiger charge is -2.10. The van der Waals surface area contributed by atoms with Crippen molar-refractivity contribution in [2.75, 3.05) is 19.5 Å². The maximum absolute atomic E-state index is 11.8. The second-order valence-corrected chi connectivity index (χ2v) is 5.89. The minimum absolute atomic E-state index is 0.410. The molecule has 2 heterocycles. The van der Waals surface area contributed by atoms with Gasteiger partial charge in [0, 0.05) is 6.54 Å². The Balaban J connectivity index is 1.69. The van der Waals surface area contributed by atoms with Gasteiger partial charge in [0.2, 0.25) is 0 Å². The summed E-state index contributed by atoms with van der Waals surface area (Å²) in [7, 11) is 2.99. The van der Waals surface area contributed by atoms with Crippen molar-refractivity contribution in [3.05, 3.63) is 59.8 Å². The van der Waals surface area contributed by atoms with Gasteiger partial charge in [0.25, 0.3) is 0 Å². The van der Waals surface area contributed by atoms with Crippen LogP contribution in [-0.4, -0.2) is 40.0 Å². The Kier molecular flexibility index (Phi) is 4.29. The van der Waals surface area contributed by atoms with Gasteiger partial charge in [-0.05, 0) is 35.9 Å². The van der Waals surface area contributed by atoms with Crippen molar-refractivity contribution in [3.8, 4) is 5.75 Å². The summed E-state index contributed by atoms with van der Waals surface area (Å²) in [5.74, 6) is 1.06. The first-order valence-corrected chi connectivity index (χ1v) is 8.29. The van der Waals surface area contributed by atoms with Crippen LogP contribution in [0.25, 0.3) is 16.6 Å². The highest BCUT2D eigenvalue weighted by molar-refractivity contribution is 5.94. The lowest BCUT2D eigenvalue weighted by molar-refractivity contribution is 0.0601. The Bertz CT molecular complexity index is 1120. The molecule has 0 amide bonds. The number of fused-ring (bicyclic) bond motifs is 3. The minimum Gasteiger partial charge on any atom is -0.497 e. The number of nitrogens with one attached hydrogen (secondary N) is 1. The standard InChI is InChI=1S/C19H17N5O3/c1-26-14-6-3-12(4-7-14)10-20-18-17-11-21-23-24(17)16-9-13(19(25)27-2)5-8-15(16)22-18/h3-9,11H,10H2,1-2H3,(H,20,22). The van der Waals surface area contributed by atoms with E-state index in [1.807, 2.05) is 24.3 Å². The predicted molar refractivity (Wildman–Crippen MR) is 99.9 cm³/mol. The maximum Gasteiger partial charge on any atom is 0.337 e. The van der Waals surface area contributed by atoms with Crippen LogP contribution in [0, 0.1) is 0 Å². The monoisotopic (exact) mass is 363 g/mol. The second-order valence-electron chi connectivity index (χ2n) is 5.89. The van der Waals surface area contributed by atoms with Crippen LogP contribution < -0.4 is 10.1 Å². The molecule has 0 aliphatic carbocycles. The summed E-state index contributed by atoms with van der Waals surface area (Å²) in [6.45, 7) is 0.587. The van der Waals surface area contributed by atoms with Crippen molar-refractivity contribution in [3.63, 3.8) is 0 Å². The summed E-state index contributed by atoms with van der Waals surface area (Å²) < 4.78 is 11.6. The lowest BCUT2D eigenvalue weighted by Crippen LogP contribution is -2.06. The fourth-order valence-electron chi connectivity index (χ4n) is 2.84. The Morgan fingerprint density at radius 1 is 1.11 bits per heavy atom. The van der Waals surface area contributed by atoms with E-state index in [0.717, 1.165) is 16.8 Å². The Morgan fingerprint density at radius 3 is 2.67 bits per heavy atom. The first kappa shape index (κ1) is 16.8. The molecule has 0 radical (unpaired) electrons. The van der Waals surface area contributed by atoms with Gasteiger partial charge in [0.15, 0.2) is 5.82 Å². The molecule has 0 saturated carbocycles. The van der Waals surface area contributed by atoms with Gasteiger partial charge in [-0.2, -0.15) is 0 Å². The van der Waals surface area contributed by atoms with Crippen LogP contribution in [0.2, 0.25) is 0 Å². The first-order chi connectivity index (χ1) is 13.2. The molecule has 0 atom stereocenters. The highest BCUT2D eigenvalue weighted by atomic mass is 16.5. The topological polar surface area (TPSA) is 90.6 Å². The summed E-state index contributed by atoms with van der Waals surface area (Å²) in [6.07, 6.45) is 1.63. The molecule has 136 valence electrons. The molecule has 8 heteroatoms. The van der Waals surface area contributed by atoms with Crippen molar-refractivity contribution in [2.45, 2.75) is 6.54 Å². The summed E-state index contributed by atoms with van der Waals surface area (Å²) in [6, 6.07) is 12.9. The third-order valence-corrected chi connectivity index (χ3v) is 4.27. The second kappa shape index (κ2) is 6.91. The molecule has 2 aromatic heterocycles. The largest absolute Gasteiger partial charge is 0.497 e. The Hall–Kier alpha value is -3.68. The zero-order valence-corrected chi connectivity index (χ0v) is 14.8. The number of nitrogens with zero attached hydrogens (tertiary/aromatic N) is 4. The number of methoxy groups -OCH3 is 2. The highest BCUT2D eigenvalue weighted by Gasteiger charge is 2.13. The summed E-state index contributed by atoms with van der Waals surface area (Å²) in [4.78, 5) is 16.5. The number of carbonyl (C=O) groups excluding carboxylic acids is 1. The van der Waals surface area contributed by atoms with E-state index >= 15 is 0 Å². The average molecular weight is 363 g/mol. The molecule has 0 aliphatic heterocycles. The number of carbonyl (C=O) groups is 1. The normalized spacial score (nSPS) is 10.9. The van der Waals surface area contributed by atoms with Gasteiger partial charge < -0.3 is 14.8 Å². The number of benzene rings is 2.